The lowest BCUT2D eigenvalue weighted by molar-refractivity contribution is -0.144. The highest BCUT2D eigenvalue weighted by Crippen LogP contribution is 2.39. The summed E-state index contributed by atoms with van der Waals surface area (Å²) in [6.45, 7) is 2.21. The summed E-state index contributed by atoms with van der Waals surface area (Å²) in [5.74, 6) is -0.0403. The van der Waals surface area contributed by atoms with Crippen molar-refractivity contribution >= 4 is 23.8 Å². The van der Waals surface area contributed by atoms with E-state index in [1.54, 1.807) is 25.7 Å². The molecule has 2 amide bonds. The highest BCUT2D eigenvalue weighted by atomic mass is 32.2. The second-order valence-electron chi connectivity index (χ2n) is 4.63. The van der Waals surface area contributed by atoms with Crippen LogP contribution in [0, 0.1) is 5.92 Å². The molecule has 0 aromatic heterocycles. The number of aliphatic carboxylic acids is 1. The largest absolute Gasteiger partial charge is 0.480 e. The van der Waals surface area contributed by atoms with Crippen LogP contribution in [-0.4, -0.2) is 53.1 Å². The molecule has 0 heterocycles. The van der Waals surface area contributed by atoms with Crippen molar-refractivity contribution in [2.24, 2.45) is 5.92 Å². The van der Waals surface area contributed by atoms with Crippen molar-refractivity contribution in [3.05, 3.63) is 0 Å². The molecule has 1 saturated carbocycles. The molecular weight excluding hydrogens is 240 g/mol. The van der Waals surface area contributed by atoms with E-state index in [0.29, 0.717) is 6.54 Å². The van der Waals surface area contributed by atoms with Crippen LogP contribution in [0.25, 0.3) is 0 Å². The number of carbonyl (C=O) groups is 2. The third-order valence-electron chi connectivity index (χ3n) is 3.18. The molecule has 6 heteroatoms. The average molecular weight is 260 g/mol. The predicted molar refractivity (Wildman–Crippen MR) is 68.3 cm³/mol. The van der Waals surface area contributed by atoms with Crippen molar-refractivity contribution in [1.82, 2.24) is 10.2 Å². The van der Waals surface area contributed by atoms with Crippen LogP contribution < -0.4 is 5.32 Å². The van der Waals surface area contributed by atoms with Gasteiger partial charge in [-0.1, -0.05) is 0 Å². The number of nitrogens with zero attached hydrogens (tertiary/aromatic N) is 1. The first-order chi connectivity index (χ1) is 7.91. The van der Waals surface area contributed by atoms with Crippen molar-refractivity contribution in [2.75, 3.05) is 25.6 Å². The summed E-state index contributed by atoms with van der Waals surface area (Å²) < 4.78 is 0. The molecule has 0 aromatic rings. The van der Waals surface area contributed by atoms with E-state index in [-0.39, 0.29) is 11.9 Å². The van der Waals surface area contributed by atoms with Gasteiger partial charge in [0, 0.05) is 19.3 Å². The van der Waals surface area contributed by atoms with Crippen LogP contribution in [0.5, 0.6) is 0 Å². The fourth-order valence-electron chi connectivity index (χ4n) is 1.64. The molecule has 1 aliphatic rings. The van der Waals surface area contributed by atoms with E-state index in [2.05, 4.69) is 5.32 Å². The third kappa shape index (κ3) is 3.52. The Bertz CT molecular complexity index is 307. The summed E-state index contributed by atoms with van der Waals surface area (Å²) in [5, 5.41) is 11.9. The first-order valence-corrected chi connectivity index (χ1v) is 7.06. The molecule has 0 aromatic carbocycles. The Morgan fingerprint density at radius 2 is 2.12 bits per heavy atom. The van der Waals surface area contributed by atoms with Crippen molar-refractivity contribution in [1.29, 1.82) is 0 Å². The highest BCUT2D eigenvalue weighted by Gasteiger charge is 2.48. The average Bonchev–Trinajstić information content (AvgIpc) is 3.09. The number of hydrogen-bond acceptors (Lipinski definition) is 3. The Hall–Kier alpha value is -0.910. The fraction of sp³-hybridized carbons (Fsp3) is 0.818. The lowest BCUT2D eigenvalue weighted by atomic mass is 9.96. The van der Waals surface area contributed by atoms with Gasteiger partial charge in [0.25, 0.3) is 0 Å². The zero-order valence-electron chi connectivity index (χ0n) is 10.5. The first kappa shape index (κ1) is 14.2. The van der Waals surface area contributed by atoms with Crippen LogP contribution in [0.15, 0.2) is 0 Å². The Kier molecular flexibility index (Phi) is 4.68. The summed E-state index contributed by atoms with van der Waals surface area (Å²) in [7, 11) is 1.68. The van der Waals surface area contributed by atoms with Crippen LogP contribution in [0.1, 0.15) is 19.8 Å². The normalized spacial score (nSPS) is 18.3. The van der Waals surface area contributed by atoms with Gasteiger partial charge in [0.1, 0.15) is 5.54 Å². The quantitative estimate of drug-likeness (QED) is 0.754. The number of amides is 2. The molecule has 2 N–H and O–H groups in total. The molecule has 0 aliphatic heterocycles. The minimum absolute atomic E-state index is 0.0675. The topological polar surface area (TPSA) is 69.6 Å². The molecule has 98 valence electrons. The molecule has 0 saturated heterocycles. The monoisotopic (exact) mass is 260 g/mol. The van der Waals surface area contributed by atoms with Crippen molar-refractivity contribution in [3.8, 4) is 0 Å². The lowest BCUT2D eigenvalue weighted by Crippen LogP contribution is -2.57. The molecule has 5 nitrogen and oxygen atoms in total. The number of carboxylic acid groups (broad SMARTS) is 1. The van der Waals surface area contributed by atoms with Crippen molar-refractivity contribution in [2.45, 2.75) is 25.3 Å². The fourth-order valence-corrected chi connectivity index (χ4v) is 2.09. The van der Waals surface area contributed by atoms with Gasteiger partial charge in [-0.15, -0.1) is 0 Å². The Morgan fingerprint density at radius 3 is 2.53 bits per heavy atom. The SMILES string of the molecule is CSCCN(C)C(=O)NC(C)(C(=O)O)C1CC1. The van der Waals surface area contributed by atoms with E-state index >= 15 is 0 Å². The maximum atomic E-state index is 11.8. The smallest absolute Gasteiger partial charge is 0.329 e. The first-order valence-electron chi connectivity index (χ1n) is 5.67. The van der Waals surface area contributed by atoms with Crippen LogP contribution in [0.3, 0.4) is 0 Å². The van der Waals surface area contributed by atoms with Gasteiger partial charge in [-0.2, -0.15) is 11.8 Å². The van der Waals surface area contributed by atoms with Crippen LogP contribution >= 0.6 is 11.8 Å². The number of rotatable bonds is 6. The maximum Gasteiger partial charge on any atom is 0.329 e. The minimum atomic E-state index is -1.12. The summed E-state index contributed by atoms with van der Waals surface area (Å²) >= 11 is 1.65. The number of urea groups is 1. The molecule has 0 bridgehead atoms. The van der Waals surface area contributed by atoms with Crippen LogP contribution in [0.4, 0.5) is 4.79 Å². The van der Waals surface area contributed by atoms with Gasteiger partial charge in [-0.25, -0.2) is 9.59 Å². The lowest BCUT2D eigenvalue weighted by Gasteiger charge is -2.29. The van der Waals surface area contributed by atoms with E-state index in [1.165, 1.54) is 4.90 Å². The van der Waals surface area contributed by atoms with Gasteiger partial charge >= 0.3 is 12.0 Å². The number of thioether (sulfide) groups is 1. The van der Waals surface area contributed by atoms with E-state index in [1.807, 2.05) is 6.26 Å². The highest BCUT2D eigenvalue weighted by molar-refractivity contribution is 7.98. The summed E-state index contributed by atoms with van der Waals surface area (Å²) in [5.41, 5.74) is -1.12. The third-order valence-corrected chi connectivity index (χ3v) is 3.77. The van der Waals surface area contributed by atoms with Gasteiger partial charge in [0.2, 0.25) is 0 Å². The number of carboxylic acids is 1. The molecular formula is C11H20N2O3S. The maximum absolute atomic E-state index is 11.8. The second-order valence-corrected chi connectivity index (χ2v) is 5.61. The van der Waals surface area contributed by atoms with E-state index in [0.717, 1.165) is 18.6 Å². The van der Waals surface area contributed by atoms with Crippen molar-refractivity contribution < 1.29 is 14.7 Å². The molecule has 1 unspecified atom stereocenters. The molecule has 1 rings (SSSR count). The molecule has 1 fully saturated rings. The van der Waals surface area contributed by atoms with E-state index in [9.17, 15) is 14.7 Å². The van der Waals surface area contributed by atoms with Gasteiger partial charge < -0.3 is 15.3 Å². The summed E-state index contributed by atoms with van der Waals surface area (Å²) in [6, 6.07) is -0.309. The number of hydrogen-bond donors (Lipinski definition) is 2. The van der Waals surface area contributed by atoms with Crippen LogP contribution in [-0.2, 0) is 4.79 Å². The standard InChI is InChI=1S/C11H20N2O3S/c1-11(9(14)15,8-4-5-8)12-10(16)13(2)6-7-17-3/h8H,4-7H2,1-3H3,(H,12,16)(H,14,15). The van der Waals surface area contributed by atoms with Gasteiger partial charge in [0.15, 0.2) is 0 Å². The zero-order valence-corrected chi connectivity index (χ0v) is 11.3. The van der Waals surface area contributed by atoms with Gasteiger partial charge in [-0.05, 0) is 31.9 Å². The van der Waals surface area contributed by atoms with Gasteiger partial charge in [-0.3, -0.25) is 0 Å². The Balaban J connectivity index is 2.55. The van der Waals surface area contributed by atoms with Gasteiger partial charge in [0.05, 0.1) is 0 Å². The number of nitrogens with one attached hydrogen (secondary N) is 1. The summed E-state index contributed by atoms with van der Waals surface area (Å²) in [6.07, 6.45) is 3.71. The molecule has 1 atom stereocenters. The van der Waals surface area contributed by atoms with E-state index < -0.39 is 11.5 Å². The second kappa shape index (κ2) is 5.62. The molecule has 0 radical (unpaired) electrons. The Morgan fingerprint density at radius 1 is 1.53 bits per heavy atom. The molecule has 1 aliphatic carbocycles. The minimum Gasteiger partial charge on any atom is -0.480 e. The van der Waals surface area contributed by atoms with Crippen LogP contribution in [0.2, 0.25) is 0 Å². The number of carbonyl (C=O) groups excluding carboxylic acids is 1. The van der Waals surface area contributed by atoms with Crippen molar-refractivity contribution in [3.63, 3.8) is 0 Å². The van der Waals surface area contributed by atoms with E-state index in [4.69, 9.17) is 0 Å². The Labute approximate surface area is 106 Å². The predicted octanol–water partition coefficient (Wildman–Crippen LogP) is 1.24. The zero-order chi connectivity index (χ0) is 13.1. The molecule has 17 heavy (non-hydrogen) atoms. The summed E-state index contributed by atoms with van der Waals surface area (Å²) in [4.78, 5) is 24.6. The molecule has 0 spiro atoms.